The third kappa shape index (κ3) is 9.42. The number of ether oxygens (including phenoxy) is 1. The monoisotopic (exact) mass is 258 g/mol. The fraction of sp³-hybridized carbons (Fsp3) is 0.929. The molecule has 0 aromatic heterocycles. The van der Waals surface area contributed by atoms with Gasteiger partial charge < -0.3 is 15.4 Å². The summed E-state index contributed by atoms with van der Waals surface area (Å²) in [6.07, 6.45) is 5.73. The van der Waals surface area contributed by atoms with Crippen LogP contribution in [0.3, 0.4) is 0 Å². The maximum atomic E-state index is 11.8. The average molecular weight is 258 g/mol. The Hall–Kier alpha value is -0.610. The second-order valence-corrected chi connectivity index (χ2v) is 4.92. The van der Waals surface area contributed by atoms with Gasteiger partial charge in [0.05, 0.1) is 6.04 Å². The quantitative estimate of drug-likeness (QED) is 0.558. The van der Waals surface area contributed by atoms with Gasteiger partial charge in [-0.15, -0.1) is 0 Å². The molecule has 0 rings (SSSR count). The van der Waals surface area contributed by atoms with Crippen LogP contribution in [0.1, 0.15) is 52.9 Å². The first kappa shape index (κ1) is 17.4. The van der Waals surface area contributed by atoms with Gasteiger partial charge in [-0.1, -0.05) is 26.2 Å². The molecule has 0 saturated heterocycles. The minimum atomic E-state index is -0.121. The van der Waals surface area contributed by atoms with Gasteiger partial charge in [0.2, 0.25) is 5.91 Å². The van der Waals surface area contributed by atoms with Gasteiger partial charge in [0.25, 0.3) is 0 Å². The van der Waals surface area contributed by atoms with E-state index >= 15 is 0 Å². The lowest BCUT2D eigenvalue weighted by molar-refractivity contribution is -0.122. The Morgan fingerprint density at radius 2 is 1.94 bits per heavy atom. The van der Waals surface area contributed by atoms with E-state index in [1.165, 1.54) is 19.3 Å². The normalized spacial score (nSPS) is 14.2. The summed E-state index contributed by atoms with van der Waals surface area (Å²) in [5.74, 6) is 0.0773. The Morgan fingerprint density at radius 3 is 2.56 bits per heavy atom. The lowest BCUT2D eigenvalue weighted by Crippen LogP contribution is -2.46. The predicted molar refractivity (Wildman–Crippen MR) is 75.7 cm³/mol. The summed E-state index contributed by atoms with van der Waals surface area (Å²) in [6.45, 7) is 7.64. The van der Waals surface area contributed by atoms with Crippen LogP contribution < -0.4 is 10.6 Å². The van der Waals surface area contributed by atoms with E-state index in [0.29, 0.717) is 19.2 Å². The second-order valence-electron chi connectivity index (χ2n) is 4.92. The molecule has 2 atom stereocenters. The number of unbranched alkanes of at least 4 members (excludes halogenated alkanes) is 2. The molecular formula is C14H30N2O2. The summed E-state index contributed by atoms with van der Waals surface area (Å²) in [4.78, 5) is 11.8. The maximum absolute atomic E-state index is 11.8. The molecule has 0 aromatic carbocycles. The lowest BCUT2D eigenvalue weighted by atomic mass is 10.1. The van der Waals surface area contributed by atoms with Gasteiger partial charge in [0.15, 0.2) is 0 Å². The van der Waals surface area contributed by atoms with E-state index in [1.807, 2.05) is 6.92 Å². The SMILES string of the molecule is CCCCCC(C)NC(C)C(=O)NCCCOC. The smallest absolute Gasteiger partial charge is 0.236 e. The molecule has 108 valence electrons. The molecule has 1 amide bonds. The molecule has 4 heteroatoms. The van der Waals surface area contributed by atoms with Crippen LogP contribution in [0.5, 0.6) is 0 Å². The summed E-state index contributed by atoms with van der Waals surface area (Å²) in [5, 5.41) is 6.24. The van der Waals surface area contributed by atoms with Gasteiger partial charge in [-0.25, -0.2) is 0 Å². The molecule has 0 bridgehead atoms. The van der Waals surface area contributed by atoms with Crippen molar-refractivity contribution in [2.45, 2.75) is 65.0 Å². The fourth-order valence-electron chi connectivity index (χ4n) is 1.87. The molecule has 0 heterocycles. The lowest BCUT2D eigenvalue weighted by Gasteiger charge is -2.19. The molecule has 0 aliphatic rings. The van der Waals surface area contributed by atoms with Crippen molar-refractivity contribution in [3.05, 3.63) is 0 Å². The predicted octanol–water partition coefficient (Wildman–Crippen LogP) is 2.09. The van der Waals surface area contributed by atoms with Gasteiger partial charge in [-0.3, -0.25) is 4.79 Å². The van der Waals surface area contributed by atoms with Crippen molar-refractivity contribution in [3.63, 3.8) is 0 Å². The summed E-state index contributed by atoms with van der Waals surface area (Å²) < 4.78 is 4.94. The number of methoxy groups -OCH3 is 1. The van der Waals surface area contributed by atoms with Gasteiger partial charge >= 0.3 is 0 Å². The number of hydrogen-bond donors (Lipinski definition) is 2. The number of carbonyl (C=O) groups excluding carboxylic acids is 1. The standard InChI is InChI=1S/C14H30N2O2/c1-5-6-7-9-12(2)16-13(3)14(17)15-10-8-11-18-4/h12-13,16H,5-11H2,1-4H3,(H,15,17). The number of nitrogens with one attached hydrogen (secondary N) is 2. The molecule has 0 saturated carbocycles. The van der Waals surface area contributed by atoms with Crippen LogP contribution in [-0.4, -0.2) is 38.3 Å². The van der Waals surface area contributed by atoms with Crippen molar-refractivity contribution >= 4 is 5.91 Å². The maximum Gasteiger partial charge on any atom is 0.236 e. The first-order valence-electron chi connectivity index (χ1n) is 7.14. The second kappa shape index (κ2) is 11.5. The van der Waals surface area contributed by atoms with Crippen LogP contribution in [0.4, 0.5) is 0 Å². The topological polar surface area (TPSA) is 50.4 Å². The first-order valence-corrected chi connectivity index (χ1v) is 7.14. The summed E-state index contributed by atoms with van der Waals surface area (Å²) in [6, 6.07) is 0.278. The largest absolute Gasteiger partial charge is 0.385 e. The van der Waals surface area contributed by atoms with Crippen molar-refractivity contribution in [2.75, 3.05) is 20.3 Å². The highest BCUT2D eigenvalue weighted by Crippen LogP contribution is 2.03. The fourth-order valence-corrected chi connectivity index (χ4v) is 1.87. The molecule has 4 nitrogen and oxygen atoms in total. The molecule has 0 aliphatic heterocycles. The zero-order valence-electron chi connectivity index (χ0n) is 12.4. The minimum Gasteiger partial charge on any atom is -0.385 e. The number of hydrogen-bond acceptors (Lipinski definition) is 3. The Labute approximate surface area is 112 Å². The molecule has 0 radical (unpaired) electrons. The Balaban J connectivity index is 3.65. The molecule has 0 aromatic rings. The summed E-state index contributed by atoms with van der Waals surface area (Å²) >= 11 is 0. The van der Waals surface area contributed by atoms with Crippen molar-refractivity contribution in [1.82, 2.24) is 10.6 Å². The summed E-state index contributed by atoms with van der Waals surface area (Å²) in [5.41, 5.74) is 0. The van der Waals surface area contributed by atoms with E-state index in [9.17, 15) is 4.79 Å². The Kier molecular flexibility index (Phi) is 11.1. The van der Waals surface area contributed by atoms with Crippen LogP contribution in [0.15, 0.2) is 0 Å². The van der Waals surface area contributed by atoms with E-state index in [1.54, 1.807) is 7.11 Å². The van der Waals surface area contributed by atoms with Crippen LogP contribution >= 0.6 is 0 Å². The Morgan fingerprint density at radius 1 is 1.22 bits per heavy atom. The molecule has 0 fully saturated rings. The van der Waals surface area contributed by atoms with Gasteiger partial charge in [-0.2, -0.15) is 0 Å². The van der Waals surface area contributed by atoms with Crippen LogP contribution in [-0.2, 0) is 9.53 Å². The molecule has 2 N–H and O–H groups in total. The van der Waals surface area contributed by atoms with Gasteiger partial charge in [0, 0.05) is 26.3 Å². The zero-order chi connectivity index (χ0) is 13.8. The highest BCUT2D eigenvalue weighted by atomic mass is 16.5. The van der Waals surface area contributed by atoms with Crippen LogP contribution in [0.25, 0.3) is 0 Å². The zero-order valence-corrected chi connectivity index (χ0v) is 12.4. The van der Waals surface area contributed by atoms with Crippen molar-refractivity contribution < 1.29 is 9.53 Å². The molecular weight excluding hydrogens is 228 g/mol. The van der Waals surface area contributed by atoms with E-state index in [4.69, 9.17) is 4.74 Å². The highest BCUT2D eigenvalue weighted by molar-refractivity contribution is 5.81. The van der Waals surface area contributed by atoms with E-state index in [0.717, 1.165) is 12.8 Å². The number of amides is 1. The molecule has 2 unspecified atom stereocenters. The third-order valence-corrected chi connectivity index (χ3v) is 2.99. The minimum absolute atomic E-state index is 0.0773. The van der Waals surface area contributed by atoms with E-state index < -0.39 is 0 Å². The van der Waals surface area contributed by atoms with E-state index in [-0.39, 0.29) is 11.9 Å². The van der Waals surface area contributed by atoms with E-state index in [2.05, 4.69) is 24.5 Å². The molecule has 0 spiro atoms. The van der Waals surface area contributed by atoms with Gasteiger partial charge in [-0.05, 0) is 26.7 Å². The third-order valence-electron chi connectivity index (χ3n) is 2.99. The van der Waals surface area contributed by atoms with Crippen LogP contribution in [0, 0.1) is 0 Å². The number of carbonyl (C=O) groups is 1. The van der Waals surface area contributed by atoms with Crippen LogP contribution in [0.2, 0.25) is 0 Å². The summed E-state index contributed by atoms with van der Waals surface area (Å²) in [7, 11) is 1.67. The van der Waals surface area contributed by atoms with Gasteiger partial charge in [0.1, 0.15) is 0 Å². The molecule has 18 heavy (non-hydrogen) atoms. The first-order chi connectivity index (χ1) is 8.61. The highest BCUT2D eigenvalue weighted by Gasteiger charge is 2.14. The molecule has 0 aliphatic carbocycles. The number of rotatable bonds is 11. The Bertz CT molecular complexity index is 210. The van der Waals surface area contributed by atoms with Crippen molar-refractivity contribution in [3.8, 4) is 0 Å². The van der Waals surface area contributed by atoms with Crippen molar-refractivity contribution in [1.29, 1.82) is 0 Å². The average Bonchev–Trinajstić information content (AvgIpc) is 2.34. The van der Waals surface area contributed by atoms with Crippen molar-refractivity contribution in [2.24, 2.45) is 0 Å².